The molecule has 3 heteroatoms. The van der Waals surface area contributed by atoms with Crippen LogP contribution in [0.15, 0.2) is 18.2 Å². The maximum Gasteiger partial charge on any atom is 0.163 e. The lowest BCUT2D eigenvalue weighted by molar-refractivity contribution is 0.494. The van der Waals surface area contributed by atoms with Crippen molar-refractivity contribution in [1.82, 2.24) is 0 Å². The van der Waals surface area contributed by atoms with E-state index in [0.29, 0.717) is 0 Å². The summed E-state index contributed by atoms with van der Waals surface area (Å²) in [5.74, 6) is -1.72. The van der Waals surface area contributed by atoms with Crippen LogP contribution in [0, 0.1) is 46.3 Å². The minimum atomic E-state index is -0.862. The largest absolute Gasteiger partial charge is 0.320 e. The van der Waals surface area contributed by atoms with Crippen molar-refractivity contribution in [2.45, 2.75) is 40.7 Å². The predicted octanol–water partition coefficient (Wildman–Crippen LogP) is 4.56. The van der Waals surface area contributed by atoms with Crippen molar-refractivity contribution < 1.29 is 8.78 Å². The number of rotatable bonds is 2. The fourth-order valence-electron chi connectivity index (χ4n) is 2.91. The van der Waals surface area contributed by atoms with Gasteiger partial charge in [-0.05, 0) is 74.1 Å². The van der Waals surface area contributed by atoms with Crippen LogP contribution < -0.4 is 5.73 Å². The average Bonchev–Trinajstić information content (AvgIpc) is 2.46. The summed E-state index contributed by atoms with van der Waals surface area (Å²) < 4.78 is 27.5. The first kappa shape index (κ1) is 15.6. The van der Waals surface area contributed by atoms with Gasteiger partial charge in [-0.25, -0.2) is 8.78 Å². The second-order valence-corrected chi connectivity index (χ2v) is 5.66. The number of benzene rings is 2. The normalized spacial score (nSPS) is 12.6. The molecule has 0 bridgehead atoms. The fourth-order valence-corrected chi connectivity index (χ4v) is 2.91. The van der Waals surface area contributed by atoms with E-state index in [-0.39, 0.29) is 5.56 Å². The van der Waals surface area contributed by atoms with Crippen molar-refractivity contribution in [3.8, 4) is 0 Å². The van der Waals surface area contributed by atoms with Crippen molar-refractivity contribution in [3.05, 3.63) is 68.8 Å². The highest BCUT2D eigenvalue weighted by Crippen LogP contribution is 2.33. The van der Waals surface area contributed by atoms with Crippen LogP contribution >= 0.6 is 0 Å². The number of hydrogen-bond donors (Lipinski definition) is 1. The van der Waals surface area contributed by atoms with Gasteiger partial charge in [-0.2, -0.15) is 0 Å². The Morgan fingerprint density at radius 2 is 1.29 bits per heavy atom. The van der Waals surface area contributed by atoms with E-state index in [4.69, 9.17) is 5.73 Å². The predicted molar refractivity (Wildman–Crippen MR) is 82.5 cm³/mol. The lowest BCUT2D eigenvalue weighted by Gasteiger charge is -2.23. The molecule has 0 saturated heterocycles. The number of halogens is 2. The molecule has 2 aromatic rings. The Hall–Kier alpha value is -1.74. The zero-order chi connectivity index (χ0) is 15.9. The highest BCUT2D eigenvalue weighted by atomic mass is 19.2. The Balaban J connectivity index is 2.70. The summed E-state index contributed by atoms with van der Waals surface area (Å²) in [4.78, 5) is 0. The Morgan fingerprint density at radius 3 is 1.81 bits per heavy atom. The van der Waals surface area contributed by atoms with Gasteiger partial charge in [0.15, 0.2) is 11.6 Å². The molecule has 0 fully saturated rings. The van der Waals surface area contributed by atoms with Crippen LogP contribution in [0.2, 0.25) is 0 Å². The molecule has 1 unspecified atom stereocenters. The summed E-state index contributed by atoms with van der Waals surface area (Å²) in [5, 5.41) is 0. The molecule has 0 heterocycles. The summed E-state index contributed by atoms with van der Waals surface area (Å²) in [6, 6.07) is 3.48. The van der Waals surface area contributed by atoms with Gasteiger partial charge in [0.2, 0.25) is 0 Å². The summed E-state index contributed by atoms with van der Waals surface area (Å²) in [7, 11) is 0. The summed E-state index contributed by atoms with van der Waals surface area (Å²) in [5.41, 5.74) is 13.0. The van der Waals surface area contributed by atoms with Gasteiger partial charge in [0.05, 0.1) is 6.04 Å². The van der Waals surface area contributed by atoms with Crippen LogP contribution in [-0.2, 0) is 0 Å². The van der Waals surface area contributed by atoms with Crippen molar-refractivity contribution in [2.75, 3.05) is 0 Å². The molecule has 0 aromatic heterocycles. The summed E-state index contributed by atoms with van der Waals surface area (Å²) in [6.45, 7) is 10.1. The van der Waals surface area contributed by atoms with Crippen molar-refractivity contribution >= 4 is 0 Å². The molecule has 0 radical (unpaired) electrons. The second kappa shape index (κ2) is 5.57. The average molecular weight is 289 g/mol. The van der Waals surface area contributed by atoms with Crippen molar-refractivity contribution in [1.29, 1.82) is 0 Å². The Labute approximate surface area is 124 Å². The molecule has 2 rings (SSSR count). The minimum absolute atomic E-state index is 0.198. The fraction of sp³-hybridized carbons (Fsp3) is 0.333. The molecule has 0 amide bonds. The van der Waals surface area contributed by atoms with Crippen molar-refractivity contribution in [3.63, 3.8) is 0 Å². The first-order valence-electron chi connectivity index (χ1n) is 7.03. The number of hydrogen-bond acceptors (Lipinski definition) is 1. The third kappa shape index (κ3) is 2.46. The maximum absolute atomic E-state index is 14.0. The Morgan fingerprint density at radius 1 is 0.810 bits per heavy atom. The van der Waals surface area contributed by atoms with Crippen LogP contribution in [0.25, 0.3) is 0 Å². The van der Waals surface area contributed by atoms with Gasteiger partial charge in [0, 0.05) is 5.56 Å². The third-order valence-electron chi connectivity index (χ3n) is 4.69. The van der Waals surface area contributed by atoms with Gasteiger partial charge in [-0.1, -0.05) is 12.1 Å². The van der Waals surface area contributed by atoms with E-state index in [1.165, 1.54) is 11.6 Å². The van der Waals surface area contributed by atoms with Crippen LogP contribution in [0.4, 0.5) is 8.78 Å². The van der Waals surface area contributed by atoms with Gasteiger partial charge in [-0.15, -0.1) is 0 Å². The quantitative estimate of drug-likeness (QED) is 0.862. The van der Waals surface area contributed by atoms with E-state index in [1.54, 1.807) is 6.07 Å². The molecule has 0 saturated carbocycles. The molecular formula is C18H21F2N. The molecule has 0 aliphatic carbocycles. The Bertz CT molecular complexity index is 676. The first-order chi connectivity index (χ1) is 9.77. The van der Waals surface area contributed by atoms with E-state index in [2.05, 4.69) is 6.92 Å². The van der Waals surface area contributed by atoms with Gasteiger partial charge in [0.1, 0.15) is 0 Å². The van der Waals surface area contributed by atoms with E-state index in [0.717, 1.165) is 33.9 Å². The molecule has 0 aliphatic heterocycles. The highest BCUT2D eigenvalue weighted by Gasteiger charge is 2.22. The van der Waals surface area contributed by atoms with E-state index in [9.17, 15) is 8.78 Å². The van der Waals surface area contributed by atoms with Gasteiger partial charge in [-0.3, -0.25) is 0 Å². The van der Waals surface area contributed by atoms with Crippen LogP contribution in [0.3, 0.4) is 0 Å². The molecule has 2 aromatic carbocycles. The zero-order valence-corrected chi connectivity index (χ0v) is 13.1. The highest BCUT2D eigenvalue weighted by molar-refractivity contribution is 5.52. The molecule has 1 atom stereocenters. The lowest BCUT2D eigenvalue weighted by atomic mass is 9.84. The van der Waals surface area contributed by atoms with E-state index in [1.807, 2.05) is 27.7 Å². The summed E-state index contributed by atoms with van der Waals surface area (Å²) in [6.07, 6.45) is 0. The van der Waals surface area contributed by atoms with Gasteiger partial charge in [0.25, 0.3) is 0 Å². The smallest absolute Gasteiger partial charge is 0.163 e. The lowest BCUT2D eigenvalue weighted by Crippen LogP contribution is -2.18. The molecule has 21 heavy (non-hydrogen) atoms. The van der Waals surface area contributed by atoms with Crippen LogP contribution in [0.5, 0.6) is 0 Å². The van der Waals surface area contributed by atoms with Crippen molar-refractivity contribution in [2.24, 2.45) is 5.73 Å². The van der Waals surface area contributed by atoms with Crippen LogP contribution in [0.1, 0.15) is 45.0 Å². The minimum Gasteiger partial charge on any atom is -0.320 e. The maximum atomic E-state index is 14.0. The van der Waals surface area contributed by atoms with Gasteiger partial charge >= 0.3 is 0 Å². The summed E-state index contributed by atoms with van der Waals surface area (Å²) >= 11 is 0. The first-order valence-corrected chi connectivity index (χ1v) is 7.03. The molecule has 0 spiro atoms. The molecule has 112 valence electrons. The van der Waals surface area contributed by atoms with Crippen LogP contribution in [-0.4, -0.2) is 0 Å². The molecule has 1 nitrogen and oxygen atoms in total. The third-order valence-corrected chi connectivity index (χ3v) is 4.69. The van der Waals surface area contributed by atoms with E-state index < -0.39 is 17.7 Å². The standard InChI is InChI=1S/C18H21F2N/c1-9-10(2)12(4)16(13(5)11(9)3)18(21)14-7-6-8-15(19)17(14)20/h6-8,18H,21H2,1-5H3. The molecule has 0 aliphatic rings. The second-order valence-electron chi connectivity index (χ2n) is 5.66. The zero-order valence-electron chi connectivity index (χ0n) is 13.1. The molecule has 2 N–H and O–H groups in total. The molecular weight excluding hydrogens is 268 g/mol. The monoisotopic (exact) mass is 289 g/mol. The SMILES string of the molecule is Cc1c(C)c(C)c(C(N)c2cccc(F)c2F)c(C)c1C. The van der Waals surface area contributed by atoms with E-state index >= 15 is 0 Å². The number of nitrogens with two attached hydrogens (primary N) is 1. The van der Waals surface area contributed by atoms with Gasteiger partial charge < -0.3 is 5.73 Å². The Kier molecular flexibility index (Phi) is 4.15. The topological polar surface area (TPSA) is 26.0 Å².